The lowest BCUT2D eigenvalue weighted by molar-refractivity contribution is -0.143. The number of carbonyl (C=O) groups is 1. The molecule has 2 atom stereocenters. The molecule has 5 heteroatoms. The number of amides is 1. The van der Waals surface area contributed by atoms with E-state index in [-0.39, 0.29) is 11.9 Å². The molecule has 5 nitrogen and oxygen atoms in total. The van der Waals surface area contributed by atoms with Crippen molar-refractivity contribution in [2.24, 2.45) is 0 Å². The third-order valence-electron chi connectivity index (χ3n) is 3.21. The molecule has 1 aromatic rings. The van der Waals surface area contributed by atoms with E-state index in [0.29, 0.717) is 6.54 Å². The Balaban J connectivity index is 2.20. The number of carbonyl (C=O) groups excluding carboxylic acids is 1. The molecule has 2 unspecified atom stereocenters. The lowest BCUT2D eigenvalue weighted by Gasteiger charge is -2.35. The van der Waals surface area contributed by atoms with E-state index >= 15 is 0 Å². The Morgan fingerprint density at radius 1 is 1.65 bits per heavy atom. The lowest BCUT2D eigenvalue weighted by atomic mass is 9.98. The zero-order valence-electron chi connectivity index (χ0n) is 10.3. The van der Waals surface area contributed by atoms with E-state index in [1.807, 2.05) is 13.0 Å². The van der Waals surface area contributed by atoms with Crippen molar-refractivity contribution in [2.75, 3.05) is 6.54 Å². The van der Waals surface area contributed by atoms with Crippen LogP contribution in [0.5, 0.6) is 0 Å². The first-order valence-electron chi connectivity index (χ1n) is 6.10. The maximum atomic E-state index is 11.9. The molecule has 0 spiro atoms. The fourth-order valence-corrected chi connectivity index (χ4v) is 2.35. The Labute approximate surface area is 101 Å². The lowest BCUT2D eigenvalue weighted by Crippen LogP contribution is -2.43. The van der Waals surface area contributed by atoms with Gasteiger partial charge in [-0.2, -0.15) is 5.10 Å². The van der Waals surface area contributed by atoms with Gasteiger partial charge in [-0.05, 0) is 39.2 Å². The molecule has 17 heavy (non-hydrogen) atoms. The largest absolute Gasteiger partial charge is 0.384 e. The van der Waals surface area contributed by atoms with Crippen molar-refractivity contribution in [3.63, 3.8) is 0 Å². The average molecular weight is 237 g/mol. The minimum Gasteiger partial charge on any atom is -0.384 e. The van der Waals surface area contributed by atoms with E-state index in [9.17, 15) is 9.90 Å². The van der Waals surface area contributed by atoms with Gasteiger partial charge in [-0.1, -0.05) is 0 Å². The number of nitrogens with zero attached hydrogens (tertiary/aromatic N) is 2. The molecule has 1 saturated heterocycles. The Morgan fingerprint density at radius 3 is 3.00 bits per heavy atom. The minimum absolute atomic E-state index is 0.01000. The SMILES string of the molecule is Cc1cc(C2CCCCN2C(=O)C(C)O)n[nH]1. The summed E-state index contributed by atoms with van der Waals surface area (Å²) in [6, 6.07) is 1.98. The van der Waals surface area contributed by atoms with Crippen LogP contribution >= 0.6 is 0 Å². The summed E-state index contributed by atoms with van der Waals surface area (Å²) in [7, 11) is 0. The van der Waals surface area contributed by atoms with Crippen molar-refractivity contribution in [3.05, 3.63) is 17.5 Å². The van der Waals surface area contributed by atoms with Gasteiger partial charge in [-0.15, -0.1) is 0 Å². The van der Waals surface area contributed by atoms with Gasteiger partial charge in [0.05, 0.1) is 11.7 Å². The zero-order chi connectivity index (χ0) is 12.4. The van der Waals surface area contributed by atoms with E-state index in [1.165, 1.54) is 6.92 Å². The molecular weight excluding hydrogens is 218 g/mol. The fourth-order valence-electron chi connectivity index (χ4n) is 2.35. The molecule has 1 aliphatic rings. The predicted octanol–water partition coefficient (Wildman–Crippen LogP) is 1.15. The van der Waals surface area contributed by atoms with Gasteiger partial charge in [0.25, 0.3) is 5.91 Å². The summed E-state index contributed by atoms with van der Waals surface area (Å²) in [6.07, 6.45) is 2.08. The summed E-state index contributed by atoms with van der Waals surface area (Å²) in [5, 5.41) is 16.6. The number of aromatic amines is 1. The monoisotopic (exact) mass is 237 g/mol. The first-order valence-corrected chi connectivity index (χ1v) is 6.10. The normalized spacial score (nSPS) is 22.5. The van der Waals surface area contributed by atoms with Crippen molar-refractivity contribution >= 4 is 5.91 Å². The third-order valence-corrected chi connectivity index (χ3v) is 3.21. The van der Waals surface area contributed by atoms with Gasteiger partial charge in [0, 0.05) is 12.2 Å². The Morgan fingerprint density at radius 2 is 2.41 bits per heavy atom. The van der Waals surface area contributed by atoms with E-state index in [1.54, 1.807) is 4.90 Å². The number of likely N-dealkylation sites (tertiary alicyclic amines) is 1. The van der Waals surface area contributed by atoms with Crippen LogP contribution in [-0.2, 0) is 4.79 Å². The van der Waals surface area contributed by atoms with Crippen molar-refractivity contribution in [1.29, 1.82) is 0 Å². The summed E-state index contributed by atoms with van der Waals surface area (Å²) < 4.78 is 0. The molecule has 2 heterocycles. The number of hydrogen-bond donors (Lipinski definition) is 2. The maximum Gasteiger partial charge on any atom is 0.251 e. The smallest absolute Gasteiger partial charge is 0.251 e. The number of aromatic nitrogens is 2. The third kappa shape index (κ3) is 2.49. The second kappa shape index (κ2) is 4.87. The highest BCUT2D eigenvalue weighted by Gasteiger charge is 2.31. The van der Waals surface area contributed by atoms with Crippen LogP contribution in [0.1, 0.15) is 43.6 Å². The molecular formula is C12H19N3O2. The summed E-state index contributed by atoms with van der Waals surface area (Å²) >= 11 is 0. The highest BCUT2D eigenvalue weighted by molar-refractivity contribution is 5.80. The second-order valence-electron chi connectivity index (χ2n) is 4.70. The van der Waals surface area contributed by atoms with Gasteiger partial charge in [0.15, 0.2) is 0 Å². The summed E-state index contributed by atoms with van der Waals surface area (Å²) in [6.45, 7) is 4.17. The van der Waals surface area contributed by atoms with Gasteiger partial charge < -0.3 is 10.0 Å². The number of nitrogens with one attached hydrogen (secondary N) is 1. The molecule has 0 radical (unpaired) electrons. The molecule has 1 fully saturated rings. The van der Waals surface area contributed by atoms with Crippen LogP contribution < -0.4 is 0 Å². The standard InChI is InChI=1S/C12H19N3O2/c1-8-7-10(14-13-8)11-5-3-4-6-15(11)12(17)9(2)16/h7,9,11,16H,3-6H2,1-2H3,(H,13,14). The van der Waals surface area contributed by atoms with E-state index < -0.39 is 6.10 Å². The Hall–Kier alpha value is -1.36. The van der Waals surface area contributed by atoms with Crippen LogP contribution in [0.2, 0.25) is 0 Å². The van der Waals surface area contributed by atoms with Gasteiger partial charge in [0.2, 0.25) is 0 Å². The minimum atomic E-state index is -0.935. The molecule has 0 saturated carbocycles. The molecule has 2 rings (SSSR count). The Kier molecular flexibility index (Phi) is 3.47. The van der Waals surface area contributed by atoms with E-state index in [0.717, 1.165) is 30.7 Å². The van der Waals surface area contributed by atoms with Gasteiger partial charge in [-0.3, -0.25) is 9.89 Å². The van der Waals surface area contributed by atoms with Crippen LogP contribution in [0, 0.1) is 6.92 Å². The fraction of sp³-hybridized carbons (Fsp3) is 0.667. The molecule has 1 aromatic heterocycles. The summed E-state index contributed by atoms with van der Waals surface area (Å²) in [5.41, 5.74) is 1.89. The predicted molar refractivity (Wildman–Crippen MR) is 63.3 cm³/mol. The van der Waals surface area contributed by atoms with Crippen LogP contribution in [0.15, 0.2) is 6.07 Å². The number of piperidine rings is 1. The molecule has 0 aliphatic carbocycles. The first-order chi connectivity index (χ1) is 8.09. The molecule has 0 aromatic carbocycles. The topological polar surface area (TPSA) is 69.2 Å². The first kappa shape index (κ1) is 12.1. The number of aliphatic hydroxyl groups excluding tert-OH is 1. The van der Waals surface area contributed by atoms with Crippen molar-refractivity contribution in [1.82, 2.24) is 15.1 Å². The summed E-state index contributed by atoms with van der Waals surface area (Å²) in [5.74, 6) is -0.199. The molecule has 1 aliphatic heterocycles. The molecule has 1 amide bonds. The van der Waals surface area contributed by atoms with Crippen molar-refractivity contribution in [2.45, 2.75) is 45.3 Å². The number of aryl methyl sites for hydroxylation is 1. The van der Waals surface area contributed by atoms with Gasteiger partial charge in [0.1, 0.15) is 6.10 Å². The number of hydrogen-bond acceptors (Lipinski definition) is 3. The summed E-state index contributed by atoms with van der Waals surface area (Å²) in [4.78, 5) is 13.7. The van der Waals surface area contributed by atoms with Crippen molar-refractivity contribution in [3.8, 4) is 0 Å². The van der Waals surface area contributed by atoms with E-state index in [2.05, 4.69) is 10.2 Å². The number of aliphatic hydroxyl groups is 1. The highest BCUT2D eigenvalue weighted by atomic mass is 16.3. The molecule has 2 N–H and O–H groups in total. The average Bonchev–Trinajstić information content (AvgIpc) is 2.74. The highest BCUT2D eigenvalue weighted by Crippen LogP contribution is 2.30. The molecule has 0 bridgehead atoms. The Bertz CT molecular complexity index is 400. The zero-order valence-corrected chi connectivity index (χ0v) is 10.3. The number of H-pyrrole nitrogens is 1. The van der Waals surface area contributed by atoms with Crippen molar-refractivity contribution < 1.29 is 9.90 Å². The van der Waals surface area contributed by atoms with E-state index in [4.69, 9.17) is 0 Å². The van der Waals surface area contributed by atoms with Crippen LogP contribution in [-0.4, -0.2) is 38.8 Å². The molecule has 94 valence electrons. The maximum absolute atomic E-state index is 11.9. The van der Waals surface area contributed by atoms with Crippen LogP contribution in [0.4, 0.5) is 0 Å². The van der Waals surface area contributed by atoms with Crippen LogP contribution in [0.25, 0.3) is 0 Å². The van der Waals surface area contributed by atoms with Gasteiger partial charge >= 0.3 is 0 Å². The van der Waals surface area contributed by atoms with Gasteiger partial charge in [-0.25, -0.2) is 0 Å². The number of rotatable bonds is 2. The quantitative estimate of drug-likeness (QED) is 0.810. The van der Waals surface area contributed by atoms with Crippen LogP contribution in [0.3, 0.4) is 0 Å². The second-order valence-corrected chi connectivity index (χ2v) is 4.70.